The van der Waals surface area contributed by atoms with Gasteiger partial charge in [0.2, 0.25) is 0 Å². The molecule has 0 saturated heterocycles. The molecule has 0 saturated carbocycles. The standard InChI is InChI=1S/C9H10N2O/c1-3-6-12-7-9-10-5-4-8(2)11-9/h1,4-5H,6-7H2,2H3. The van der Waals surface area contributed by atoms with Gasteiger partial charge < -0.3 is 4.74 Å². The Morgan fingerprint density at radius 2 is 2.50 bits per heavy atom. The minimum Gasteiger partial charge on any atom is -0.361 e. The fourth-order valence-electron chi connectivity index (χ4n) is 0.772. The van der Waals surface area contributed by atoms with Gasteiger partial charge in [0, 0.05) is 11.9 Å². The van der Waals surface area contributed by atoms with E-state index in [9.17, 15) is 0 Å². The molecule has 1 aromatic rings. The molecule has 3 heteroatoms. The summed E-state index contributed by atoms with van der Waals surface area (Å²) in [5.41, 5.74) is 0.935. The Bertz CT molecular complexity index is 291. The van der Waals surface area contributed by atoms with Crippen LogP contribution in [-0.4, -0.2) is 16.6 Å². The lowest BCUT2D eigenvalue weighted by Crippen LogP contribution is -1.99. The van der Waals surface area contributed by atoms with E-state index in [1.165, 1.54) is 0 Å². The van der Waals surface area contributed by atoms with Gasteiger partial charge in [-0.1, -0.05) is 5.92 Å². The number of aryl methyl sites for hydroxylation is 1. The van der Waals surface area contributed by atoms with Gasteiger partial charge >= 0.3 is 0 Å². The molecule has 12 heavy (non-hydrogen) atoms. The van der Waals surface area contributed by atoms with Crippen LogP contribution in [0.25, 0.3) is 0 Å². The number of ether oxygens (including phenoxy) is 1. The molecular formula is C9H10N2O. The molecule has 0 unspecified atom stereocenters. The predicted molar refractivity (Wildman–Crippen MR) is 45.3 cm³/mol. The summed E-state index contributed by atoms with van der Waals surface area (Å²) in [6, 6.07) is 1.84. The zero-order chi connectivity index (χ0) is 8.81. The summed E-state index contributed by atoms with van der Waals surface area (Å²) in [6.07, 6.45) is 6.71. The Balaban J connectivity index is 2.48. The SMILES string of the molecule is C#CCOCc1nccc(C)n1. The number of aromatic nitrogens is 2. The third kappa shape index (κ3) is 2.69. The first-order valence-electron chi connectivity index (χ1n) is 3.62. The van der Waals surface area contributed by atoms with E-state index in [0.29, 0.717) is 19.0 Å². The van der Waals surface area contributed by atoms with Crippen molar-refractivity contribution in [3.63, 3.8) is 0 Å². The van der Waals surface area contributed by atoms with Crippen LogP contribution in [0.2, 0.25) is 0 Å². The van der Waals surface area contributed by atoms with E-state index in [1.807, 2.05) is 13.0 Å². The van der Waals surface area contributed by atoms with Crippen LogP contribution in [0.4, 0.5) is 0 Å². The van der Waals surface area contributed by atoms with E-state index >= 15 is 0 Å². The van der Waals surface area contributed by atoms with Gasteiger partial charge in [-0.05, 0) is 13.0 Å². The normalized spacial score (nSPS) is 9.33. The minimum absolute atomic E-state index is 0.303. The van der Waals surface area contributed by atoms with Gasteiger partial charge in [0.1, 0.15) is 13.2 Å². The van der Waals surface area contributed by atoms with Crippen molar-refractivity contribution in [3.8, 4) is 12.3 Å². The van der Waals surface area contributed by atoms with Crippen LogP contribution in [0.1, 0.15) is 11.5 Å². The molecule has 0 amide bonds. The highest BCUT2D eigenvalue weighted by Crippen LogP contribution is 1.94. The van der Waals surface area contributed by atoms with Crippen LogP contribution in [0, 0.1) is 19.3 Å². The maximum Gasteiger partial charge on any atom is 0.154 e. The lowest BCUT2D eigenvalue weighted by Gasteiger charge is -1.99. The first kappa shape index (κ1) is 8.69. The maximum atomic E-state index is 5.06. The second kappa shape index (κ2) is 4.47. The molecule has 0 N–H and O–H groups in total. The molecule has 0 aromatic carbocycles. The number of nitrogens with zero attached hydrogens (tertiary/aromatic N) is 2. The van der Waals surface area contributed by atoms with Crippen LogP contribution in [0.15, 0.2) is 12.3 Å². The summed E-state index contributed by atoms with van der Waals surface area (Å²) in [5.74, 6) is 3.05. The molecule has 0 bridgehead atoms. The number of hydrogen-bond donors (Lipinski definition) is 0. The van der Waals surface area contributed by atoms with Gasteiger partial charge in [0.05, 0.1) is 0 Å². The van der Waals surface area contributed by atoms with Gasteiger partial charge in [0.25, 0.3) is 0 Å². The Morgan fingerprint density at radius 1 is 1.67 bits per heavy atom. The number of rotatable bonds is 3. The molecule has 1 aromatic heterocycles. The fraction of sp³-hybridized carbons (Fsp3) is 0.333. The van der Waals surface area contributed by atoms with Gasteiger partial charge in [-0.15, -0.1) is 6.42 Å². The fourth-order valence-corrected chi connectivity index (χ4v) is 0.772. The predicted octanol–water partition coefficient (Wildman–Crippen LogP) is 0.935. The molecule has 0 aliphatic rings. The maximum absolute atomic E-state index is 5.06. The summed E-state index contributed by atoms with van der Waals surface area (Å²) in [6.45, 7) is 2.59. The minimum atomic E-state index is 0.303. The average molecular weight is 162 g/mol. The average Bonchev–Trinajstić information content (AvgIpc) is 2.05. The molecule has 62 valence electrons. The summed E-state index contributed by atoms with van der Waals surface area (Å²) in [5, 5.41) is 0. The van der Waals surface area contributed by atoms with E-state index < -0.39 is 0 Å². The Labute approximate surface area is 71.8 Å². The van der Waals surface area contributed by atoms with Crippen LogP contribution in [0.3, 0.4) is 0 Å². The van der Waals surface area contributed by atoms with Crippen LogP contribution in [0.5, 0.6) is 0 Å². The molecule has 1 rings (SSSR count). The number of hydrogen-bond acceptors (Lipinski definition) is 3. The monoisotopic (exact) mass is 162 g/mol. The molecule has 0 fully saturated rings. The Morgan fingerprint density at radius 3 is 3.17 bits per heavy atom. The highest BCUT2D eigenvalue weighted by atomic mass is 16.5. The summed E-state index contributed by atoms with van der Waals surface area (Å²) >= 11 is 0. The van der Waals surface area contributed by atoms with Crippen molar-refractivity contribution >= 4 is 0 Å². The summed E-state index contributed by atoms with van der Waals surface area (Å²) in [4.78, 5) is 8.15. The van der Waals surface area contributed by atoms with Gasteiger partial charge in [0.15, 0.2) is 5.82 Å². The molecule has 0 atom stereocenters. The molecular weight excluding hydrogens is 152 g/mol. The van der Waals surface area contributed by atoms with Crippen LogP contribution >= 0.6 is 0 Å². The van der Waals surface area contributed by atoms with Crippen molar-refractivity contribution < 1.29 is 4.74 Å². The van der Waals surface area contributed by atoms with E-state index in [4.69, 9.17) is 11.2 Å². The van der Waals surface area contributed by atoms with E-state index in [2.05, 4.69) is 15.9 Å². The molecule has 0 spiro atoms. The largest absolute Gasteiger partial charge is 0.361 e. The van der Waals surface area contributed by atoms with E-state index in [1.54, 1.807) is 6.20 Å². The van der Waals surface area contributed by atoms with Crippen molar-refractivity contribution in [3.05, 3.63) is 23.8 Å². The third-order valence-electron chi connectivity index (χ3n) is 1.26. The highest BCUT2D eigenvalue weighted by molar-refractivity contribution is 4.98. The van der Waals surface area contributed by atoms with Crippen LogP contribution in [-0.2, 0) is 11.3 Å². The molecule has 0 aliphatic carbocycles. The second-order valence-electron chi connectivity index (χ2n) is 2.31. The summed E-state index contributed by atoms with van der Waals surface area (Å²) in [7, 11) is 0. The Kier molecular flexibility index (Phi) is 3.24. The molecule has 3 nitrogen and oxygen atoms in total. The van der Waals surface area contributed by atoms with Crippen molar-refractivity contribution in [2.75, 3.05) is 6.61 Å². The first-order chi connectivity index (χ1) is 5.83. The first-order valence-corrected chi connectivity index (χ1v) is 3.62. The zero-order valence-electron chi connectivity index (χ0n) is 6.95. The molecule has 1 heterocycles. The summed E-state index contributed by atoms with van der Waals surface area (Å²) < 4.78 is 5.06. The highest BCUT2D eigenvalue weighted by Gasteiger charge is 1.94. The van der Waals surface area contributed by atoms with Crippen molar-refractivity contribution in [2.45, 2.75) is 13.5 Å². The lowest BCUT2D eigenvalue weighted by atomic mass is 10.4. The molecule has 0 radical (unpaired) electrons. The van der Waals surface area contributed by atoms with Crippen molar-refractivity contribution in [2.24, 2.45) is 0 Å². The number of terminal acetylenes is 1. The van der Waals surface area contributed by atoms with Gasteiger partial charge in [-0.2, -0.15) is 0 Å². The van der Waals surface area contributed by atoms with Gasteiger partial charge in [-0.3, -0.25) is 0 Å². The van der Waals surface area contributed by atoms with E-state index in [0.717, 1.165) is 5.69 Å². The zero-order valence-corrected chi connectivity index (χ0v) is 6.95. The molecule has 0 aliphatic heterocycles. The van der Waals surface area contributed by atoms with Crippen LogP contribution < -0.4 is 0 Å². The van der Waals surface area contributed by atoms with Gasteiger partial charge in [-0.25, -0.2) is 9.97 Å². The topological polar surface area (TPSA) is 35.0 Å². The van der Waals surface area contributed by atoms with E-state index in [-0.39, 0.29) is 0 Å². The second-order valence-corrected chi connectivity index (χ2v) is 2.31. The van der Waals surface area contributed by atoms with Crippen molar-refractivity contribution in [1.29, 1.82) is 0 Å². The quantitative estimate of drug-likeness (QED) is 0.490. The lowest BCUT2D eigenvalue weighted by molar-refractivity contribution is 0.147. The third-order valence-corrected chi connectivity index (χ3v) is 1.26. The van der Waals surface area contributed by atoms with Crippen molar-refractivity contribution in [1.82, 2.24) is 9.97 Å². The Hall–Kier alpha value is -1.40. The smallest absolute Gasteiger partial charge is 0.154 e.